The minimum absolute atomic E-state index is 0.0869. The lowest BCUT2D eigenvalue weighted by Crippen LogP contribution is -2.12. The molecule has 4 nitrogen and oxygen atoms in total. The number of aromatic nitrogens is 3. The number of aryl methyl sites for hydroxylation is 3. The Hall–Kier alpha value is -1.55. The zero-order chi connectivity index (χ0) is 11.5. The van der Waals surface area contributed by atoms with Crippen LogP contribution in [0.1, 0.15) is 24.2 Å². The van der Waals surface area contributed by atoms with Gasteiger partial charge in [0, 0.05) is 37.7 Å². The van der Waals surface area contributed by atoms with E-state index in [2.05, 4.69) is 28.1 Å². The van der Waals surface area contributed by atoms with Crippen molar-refractivity contribution >= 4 is 0 Å². The molecule has 2 N–H and O–H groups in total. The Labute approximate surface area is 95.7 Å². The van der Waals surface area contributed by atoms with Gasteiger partial charge in [-0.2, -0.15) is 5.10 Å². The SMILES string of the molecule is CC(N)c1cccn1CCc1cnn(C)c1. The standard InChI is InChI=1S/C12H18N4/c1-10(13)12-4-3-6-16(12)7-5-11-8-14-15(2)9-11/h3-4,6,8-10H,5,7,13H2,1-2H3. The average Bonchev–Trinajstić information content (AvgIpc) is 2.83. The molecule has 2 heterocycles. The van der Waals surface area contributed by atoms with Gasteiger partial charge in [-0.25, -0.2) is 0 Å². The van der Waals surface area contributed by atoms with Gasteiger partial charge in [-0.1, -0.05) is 0 Å². The van der Waals surface area contributed by atoms with E-state index in [4.69, 9.17) is 5.73 Å². The molecule has 1 atom stereocenters. The van der Waals surface area contributed by atoms with Crippen LogP contribution >= 0.6 is 0 Å². The lowest BCUT2D eigenvalue weighted by molar-refractivity contribution is 0.625. The molecule has 4 heteroatoms. The van der Waals surface area contributed by atoms with E-state index in [9.17, 15) is 0 Å². The van der Waals surface area contributed by atoms with Crippen molar-refractivity contribution in [2.24, 2.45) is 12.8 Å². The lowest BCUT2D eigenvalue weighted by atomic mass is 10.2. The topological polar surface area (TPSA) is 48.8 Å². The smallest absolute Gasteiger partial charge is 0.0522 e. The van der Waals surface area contributed by atoms with Crippen LogP contribution in [-0.2, 0) is 20.0 Å². The molecule has 0 saturated carbocycles. The first kappa shape index (κ1) is 11.0. The first-order valence-corrected chi connectivity index (χ1v) is 5.55. The average molecular weight is 218 g/mol. The van der Waals surface area contributed by atoms with Crippen LogP contribution in [0.4, 0.5) is 0 Å². The summed E-state index contributed by atoms with van der Waals surface area (Å²) in [5.74, 6) is 0. The summed E-state index contributed by atoms with van der Waals surface area (Å²) in [6.07, 6.45) is 7.03. The third-order valence-corrected chi connectivity index (χ3v) is 2.73. The molecule has 1 unspecified atom stereocenters. The fourth-order valence-corrected chi connectivity index (χ4v) is 1.89. The maximum Gasteiger partial charge on any atom is 0.0522 e. The van der Waals surface area contributed by atoms with Gasteiger partial charge in [0.1, 0.15) is 0 Å². The highest BCUT2D eigenvalue weighted by Crippen LogP contribution is 2.11. The van der Waals surface area contributed by atoms with Crippen LogP contribution in [-0.4, -0.2) is 14.3 Å². The number of nitrogens with zero attached hydrogens (tertiary/aromatic N) is 3. The number of hydrogen-bond acceptors (Lipinski definition) is 2. The molecular weight excluding hydrogens is 200 g/mol. The van der Waals surface area contributed by atoms with Crippen LogP contribution in [0, 0.1) is 0 Å². The maximum absolute atomic E-state index is 5.89. The van der Waals surface area contributed by atoms with Crippen LogP contribution in [0.15, 0.2) is 30.7 Å². The molecule has 2 rings (SSSR count). The zero-order valence-electron chi connectivity index (χ0n) is 9.80. The molecule has 0 spiro atoms. The number of nitrogens with two attached hydrogens (primary N) is 1. The minimum atomic E-state index is 0.0869. The summed E-state index contributed by atoms with van der Waals surface area (Å²) in [7, 11) is 1.94. The summed E-state index contributed by atoms with van der Waals surface area (Å²) in [5.41, 5.74) is 8.34. The van der Waals surface area contributed by atoms with Crippen LogP contribution in [0.3, 0.4) is 0 Å². The number of rotatable bonds is 4. The van der Waals surface area contributed by atoms with Gasteiger partial charge in [-0.3, -0.25) is 4.68 Å². The highest BCUT2D eigenvalue weighted by Gasteiger charge is 2.05. The number of hydrogen-bond donors (Lipinski definition) is 1. The Balaban J connectivity index is 2.02. The fourth-order valence-electron chi connectivity index (χ4n) is 1.89. The Morgan fingerprint density at radius 2 is 2.31 bits per heavy atom. The lowest BCUT2D eigenvalue weighted by Gasteiger charge is -2.11. The van der Waals surface area contributed by atoms with Crippen LogP contribution < -0.4 is 5.73 Å². The Morgan fingerprint density at radius 1 is 1.50 bits per heavy atom. The summed E-state index contributed by atoms with van der Waals surface area (Å²) in [6, 6.07) is 4.21. The third kappa shape index (κ3) is 2.33. The second-order valence-electron chi connectivity index (χ2n) is 4.19. The third-order valence-electron chi connectivity index (χ3n) is 2.73. The maximum atomic E-state index is 5.89. The first-order valence-electron chi connectivity index (χ1n) is 5.55. The van der Waals surface area contributed by atoms with Gasteiger partial charge < -0.3 is 10.3 Å². The Kier molecular flexibility index (Phi) is 3.10. The first-order chi connectivity index (χ1) is 7.66. The molecular formula is C12H18N4. The second kappa shape index (κ2) is 4.53. The monoisotopic (exact) mass is 218 g/mol. The Morgan fingerprint density at radius 3 is 2.94 bits per heavy atom. The summed E-state index contributed by atoms with van der Waals surface area (Å²) in [5, 5.41) is 4.16. The van der Waals surface area contributed by atoms with E-state index in [1.807, 2.05) is 30.9 Å². The highest BCUT2D eigenvalue weighted by molar-refractivity contribution is 5.12. The van der Waals surface area contributed by atoms with E-state index in [0.717, 1.165) is 13.0 Å². The van der Waals surface area contributed by atoms with Crippen molar-refractivity contribution in [3.05, 3.63) is 42.0 Å². The van der Waals surface area contributed by atoms with E-state index in [0.29, 0.717) is 0 Å². The molecule has 0 bridgehead atoms. The molecule has 0 fully saturated rings. The van der Waals surface area contributed by atoms with Crippen molar-refractivity contribution < 1.29 is 0 Å². The quantitative estimate of drug-likeness (QED) is 0.845. The zero-order valence-corrected chi connectivity index (χ0v) is 9.80. The van der Waals surface area contributed by atoms with Gasteiger partial charge in [-0.05, 0) is 31.0 Å². The molecule has 0 aliphatic heterocycles. The highest BCUT2D eigenvalue weighted by atomic mass is 15.2. The largest absolute Gasteiger partial charge is 0.350 e. The van der Waals surface area contributed by atoms with Crippen LogP contribution in [0.2, 0.25) is 0 Å². The predicted octanol–water partition coefficient (Wildman–Crippen LogP) is 1.48. The van der Waals surface area contributed by atoms with E-state index < -0.39 is 0 Å². The summed E-state index contributed by atoms with van der Waals surface area (Å²) >= 11 is 0. The van der Waals surface area contributed by atoms with E-state index >= 15 is 0 Å². The van der Waals surface area contributed by atoms with Gasteiger partial charge in [0.15, 0.2) is 0 Å². The molecule has 86 valence electrons. The van der Waals surface area contributed by atoms with Crippen molar-refractivity contribution in [3.8, 4) is 0 Å². The van der Waals surface area contributed by atoms with E-state index in [1.165, 1.54) is 11.3 Å². The van der Waals surface area contributed by atoms with E-state index in [1.54, 1.807) is 0 Å². The summed E-state index contributed by atoms with van der Waals surface area (Å²) < 4.78 is 4.04. The van der Waals surface area contributed by atoms with Gasteiger partial charge >= 0.3 is 0 Å². The molecule has 0 aliphatic rings. The van der Waals surface area contributed by atoms with Gasteiger partial charge in [0.25, 0.3) is 0 Å². The molecule has 0 radical (unpaired) electrons. The van der Waals surface area contributed by atoms with Crippen molar-refractivity contribution in [1.29, 1.82) is 0 Å². The van der Waals surface area contributed by atoms with Crippen molar-refractivity contribution in [3.63, 3.8) is 0 Å². The van der Waals surface area contributed by atoms with Gasteiger partial charge in [0.05, 0.1) is 6.20 Å². The van der Waals surface area contributed by atoms with Crippen LogP contribution in [0.5, 0.6) is 0 Å². The molecule has 0 aromatic carbocycles. The normalized spacial score (nSPS) is 12.9. The van der Waals surface area contributed by atoms with E-state index in [-0.39, 0.29) is 6.04 Å². The minimum Gasteiger partial charge on any atom is -0.350 e. The van der Waals surface area contributed by atoms with Crippen molar-refractivity contribution in [2.45, 2.75) is 25.9 Å². The predicted molar refractivity (Wildman–Crippen MR) is 63.9 cm³/mol. The van der Waals surface area contributed by atoms with Gasteiger partial charge in [0.2, 0.25) is 0 Å². The van der Waals surface area contributed by atoms with Crippen molar-refractivity contribution in [1.82, 2.24) is 14.3 Å². The molecule has 2 aromatic rings. The second-order valence-corrected chi connectivity index (χ2v) is 4.19. The summed E-state index contributed by atoms with van der Waals surface area (Å²) in [6.45, 7) is 2.96. The summed E-state index contributed by atoms with van der Waals surface area (Å²) in [4.78, 5) is 0. The van der Waals surface area contributed by atoms with Gasteiger partial charge in [-0.15, -0.1) is 0 Å². The Bertz CT molecular complexity index is 453. The fraction of sp³-hybridized carbons (Fsp3) is 0.417. The molecule has 16 heavy (non-hydrogen) atoms. The van der Waals surface area contributed by atoms with Crippen molar-refractivity contribution in [2.75, 3.05) is 0 Å². The van der Waals surface area contributed by atoms with Crippen LogP contribution in [0.25, 0.3) is 0 Å². The molecule has 0 amide bonds. The molecule has 2 aromatic heterocycles. The molecule has 0 saturated heterocycles. The molecule has 0 aliphatic carbocycles.